The molecule has 80 valence electrons. The lowest BCUT2D eigenvalue weighted by molar-refractivity contribution is 0.737. The lowest BCUT2D eigenvalue weighted by atomic mass is 9.94. The molecule has 15 heavy (non-hydrogen) atoms. The molecule has 0 spiro atoms. The molecule has 1 aromatic carbocycles. The van der Waals surface area contributed by atoms with Gasteiger partial charge in [0, 0.05) is 20.1 Å². The molecule has 1 aromatic rings. The zero-order chi connectivity index (χ0) is 10.3. The maximum absolute atomic E-state index is 3.58. The second-order valence-electron chi connectivity index (χ2n) is 4.66. The highest BCUT2D eigenvalue weighted by molar-refractivity contribution is 5.78. The average molecular weight is 202 g/mol. The summed E-state index contributed by atoms with van der Waals surface area (Å²) < 4.78 is 0. The molecule has 0 radical (unpaired) electrons. The third-order valence-corrected chi connectivity index (χ3v) is 3.59. The smallest absolute Gasteiger partial charge is 0.0634 e. The molecule has 0 amide bonds. The molecule has 1 N–H and O–H groups in total. The van der Waals surface area contributed by atoms with Crippen LogP contribution in [-0.2, 0) is 12.8 Å². The van der Waals surface area contributed by atoms with E-state index in [4.69, 9.17) is 0 Å². The zero-order valence-electron chi connectivity index (χ0n) is 9.34. The van der Waals surface area contributed by atoms with Gasteiger partial charge in [0.2, 0.25) is 0 Å². The van der Waals surface area contributed by atoms with Crippen LogP contribution in [0.15, 0.2) is 12.1 Å². The van der Waals surface area contributed by atoms with Crippen LogP contribution in [0.5, 0.6) is 0 Å². The summed E-state index contributed by atoms with van der Waals surface area (Å²) >= 11 is 0. The van der Waals surface area contributed by atoms with Crippen LogP contribution in [-0.4, -0.2) is 20.1 Å². The second-order valence-corrected chi connectivity index (χ2v) is 4.66. The van der Waals surface area contributed by atoms with E-state index in [2.05, 4.69) is 29.4 Å². The van der Waals surface area contributed by atoms with Crippen molar-refractivity contribution in [1.29, 1.82) is 0 Å². The molecule has 0 unspecified atom stereocenters. The van der Waals surface area contributed by atoms with E-state index in [0.717, 1.165) is 6.54 Å². The molecule has 2 heterocycles. The molecule has 0 aromatic heterocycles. The van der Waals surface area contributed by atoms with Crippen molar-refractivity contribution in [1.82, 2.24) is 0 Å². The number of benzene rings is 1. The maximum atomic E-state index is 3.58. The van der Waals surface area contributed by atoms with E-state index in [1.54, 1.807) is 0 Å². The van der Waals surface area contributed by atoms with Crippen LogP contribution in [0.3, 0.4) is 0 Å². The molecule has 0 saturated heterocycles. The van der Waals surface area contributed by atoms with Crippen molar-refractivity contribution in [3.05, 3.63) is 23.3 Å². The molecule has 0 bridgehead atoms. The molecule has 3 rings (SSSR count). The molecule has 2 heteroatoms. The fourth-order valence-corrected chi connectivity index (χ4v) is 2.83. The van der Waals surface area contributed by atoms with Crippen LogP contribution in [0.1, 0.15) is 24.0 Å². The van der Waals surface area contributed by atoms with Crippen LogP contribution in [0.25, 0.3) is 0 Å². The number of rotatable bonds is 0. The summed E-state index contributed by atoms with van der Waals surface area (Å²) in [5, 5.41) is 3.58. The highest BCUT2D eigenvalue weighted by Crippen LogP contribution is 2.38. The van der Waals surface area contributed by atoms with E-state index < -0.39 is 0 Å². The van der Waals surface area contributed by atoms with Crippen LogP contribution in [0.4, 0.5) is 11.4 Å². The van der Waals surface area contributed by atoms with Crippen LogP contribution >= 0.6 is 0 Å². The van der Waals surface area contributed by atoms with Crippen LogP contribution < -0.4 is 10.2 Å². The van der Waals surface area contributed by atoms with E-state index in [9.17, 15) is 0 Å². The van der Waals surface area contributed by atoms with Gasteiger partial charge < -0.3 is 10.2 Å². The predicted molar refractivity (Wildman–Crippen MR) is 64.8 cm³/mol. The Morgan fingerprint density at radius 2 is 1.93 bits per heavy atom. The van der Waals surface area contributed by atoms with E-state index in [-0.39, 0.29) is 0 Å². The van der Waals surface area contributed by atoms with Gasteiger partial charge in [-0.2, -0.15) is 0 Å². The Morgan fingerprint density at radius 1 is 1.13 bits per heavy atom. The summed E-state index contributed by atoms with van der Waals surface area (Å²) in [7, 11) is 2.22. The molecular formula is C13H18N2. The summed E-state index contributed by atoms with van der Waals surface area (Å²) in [5.41, 5.74) is 5.92. The Bertz CT molecular complexity index is 384. The zero-order valence-corrected chi connectivity index (χ0v) is 9.34. The van der Waals surface area contributed by atoms with Gasteiger partial charge in [0.25, 0.3) is 0 Å². The molecule has 2 nitrogen and oxygen atoms in total. The highest BCUT2D eigenvalue weighted by atomic mass is 15.1. The predicted octanol–water partition coefficient (Wildman–Crippen LogP) is 2.43. The van der Waals surface area contributed by atoms with Crippen LogP contribution in [0, 0.1) is 0 Å². The highest BCUT2D eigenvalue weighted by Gasteiger charge is 2.21. The van der Waals surface area contributed by atoms with E-state index >= 15 is 0 Å². The number of aryl methyl sites for hydroxylation is 2. The number of fused-ring (bicyclic) bond motifs is 3. The van der Waals surface area contributed by atoms with Crippen molar-refractivity contribution in [2.24, 2.45) is 0 Å². The van der Waals surface area contributed by atoms with Gasteiger partial charge in [0.15, 0.2) is 0 Å². The molecule has 0 fully saturated rings. The van der Waals surface area contributed by atoms with Gasteiger partial charge in [0.1, 0.15) is 0 Å². The third kappa shape index (κ3) is 1.39. The number of hydrogen-bond donors (Lipinski definition) is 1. The topological polar surface area (TPSA) is 15.3 Å². The SMILES string of the molecule is CN1CCCc2ccc3c(c21)NCCC3. The largest absolute Gasteiger partial charge is 0.383 e. The minimum atomic E-state index is 1.14. The van der Waals surface area contributed by atoms with Crippen molar-refractivity contribution in [2.75, 3.05) is 30.4 Å². The van der Waals surface area contributed by atoms with Crippen molar-refractivity contribution in [3.8, 4) is 0 Å². The fourth-order valence-electron chi connectivity index (χ4n) is 2.83. The first-order chi connectivity index (χ1) is 7.36. The average Bonchev–Trinajstić information content (AvgIpc) is 2.29. The van der Waals surface area contributed by atoms with E-state index in [0.29, 0.717) is 0 Å². The van der Waals surface area contributed by atoms with Gasteiger partial charge in [-0.3, -0.25) is 0 Å². The minimum absolute atomic E-state index is 1.14. The molecular weight excluding hydrogens is 184 g/mol. The third-order valence-electron chi connectivity index (χ3n) is 3.59. The second kappa shape index (κ2) is 3.44. The molecule has 0 aliphatic carbocycles. The van der Waals surface area contributed by atoms with E-state index in [1.165, 1.54) is 54.7 Å². The first kappa shape index (κ1) is 9.08. The van der Waals surface area contributed by atoms with E-state index in [1.807, 2.05) is 0 Å². The number of nitrogens with zero attached hydrogens (tertiary/aromatic N) is 1. The number of anilines is 2. The summed E-state index contributed by atoms with van der Waals surface area (Å²) in [6.07, 6.45) is 5.05. The van der Waals surface area contributed by atoms with Gasteiger partial charge >= 0.3 is 0 Å². The van der Waals surface area contributed by atoms with Crippen molar-refractivity contribution < 1.29 is 0 Å². The summed E-state index contributed by atoms with van der Waals surface area (Å²) in [6.45, 7) is 2.34. The first-order valence-corrected chi connectivity index (χ1v) is 5.96. The maximum Gasteiger partial charge on any atom is 0.0634 e. The van der Waals surface area contributed by atoms with Gasteiger partial charge in [0.05, 0.1) is 11.4 Å². The Balaban J connectivity index is 2.15. The molecule has 2 aliphatic heterocycles. The summed E-state index contributed by atoms with van der Waals surface area (Å²) in [4.78, 5) is 2.41. The van der Waals surface area contributed by atoms with Crippen molar-refractivity contribution in [2.45, 2.75) is 25.7 Å². The first-order valence-electron chi connectivity index (χ1n) is 5.96. The van der Waals surface area contributed by atoms with Gasteiger partial charge in [-0.1, -0.05) is 12.1 Å². The molecule has 2 aliphatic rings. The lowest BCUT2D eigenvalue weighted by Crippen LogP contribution is -2.27. The Hall–Kier alpha value is -1.18. The Morgan fingerprint density at radius 3 is 2.87 bits per heavy atom. The number of hydrogen-bond acceptors (Lipinski definition) is 2. The summed E-state index contributed by atoms with van der Waals surface area (Å²) in [5.74, 6) is 0. The normalized spacial score (nSPS) is 19.1. The van der Waals surface area contributed by atoms with Gasteiger partial charge in [-0.15, -0.1) is 0 Å². The molecule has 0 atom stereocenters. The Kier molecular flexibility index (Phi) is 2.08. The fraction of sp³-hybridized carbons (Fsp3) is 0.538. The van der Waals surface area contributed by atoms with Crippen molar-refractivity contribution in [3.63, 3.8) is 0 Å². The van der Waals surface area contributed by atoms with Gasteiger partial charge in [-0.25, -0.2) is 0 Å². The van der Waals surface area contributed by atoms with Gasteiger partial charge in [-0.05, 0) is 36.8 Å². The minimum Gasteiger partial charge on any atom is -0.383 e. The lowest BCUT2D eigenvalue weighted by Gasteiger charge is -2.33. The van der Waals surface area contributed by atoms with Crippen LogP contribution in [0.2, 0.25) is 0 Å². The van der Waals surface area contributed by atoms with Crippen molar-refractivity contribution >= 4 is 11.4 Å². The summed E-state index contributed by atoms with van der Waals surface area (Å²) in [6, 6.07) is 4.65. The Labute approximate surface area is 91.3 Å². The monoisotopic (exact) mass is 202 g/mol. The number of nitrogens with one attached hydrogen (secondary N) is 1. The quantitative estimate of drug-likeness (QED) is 0.695. The standard InChI is InChI=1S/C13H18N2/c1-15-9-3-5-11-7-6-10-4-2-8-14-12(10)13(11)15/h6-7,14H,2-5,8-9H2,1H3. The molecule has 0 saturated carbocycles.